The predicted octanol–water partition coefficient (Wildman–Crippen LogP) is 3.09. The van der Waals surface area contributed by atoms with Gasteiger partial charge in [0, 0.05) is 5.56 Å². The number of hydrogen-bond acceptors (Lipinski definition) is 5. The molecule has 2 aromatic heterocycles. The van der Waals surface area contributed by atoms with Gasteiger partial charge < -0.3 is 9.52 Å². The Kier molecular flexibility index (Phi) is 3.90. The van der Waals surface area contributed by atoms with E-state index >= 15 is 0 Å². The van der Waals surface area contributed by atoms with Gasteiger partial charge in [0.15, 0.2) is 0 Å². The molecule has 0 atom stereocenters. The minimum atomic E-state index is -1.01. The molecule has 0 aliphatic rings. The average Bonchev–Trinajstić information content (AvgIpc) is 3.13. The van der Waals surface area contributed by atoms with E-state index in [1.807, 2.05) is 0 Å². The largest absolute Gasteiger partial charge is 0.478 e. The van der Waals surface area contributed by atoms with Crippen LogP contribution in [-0.4, -0.2) is 32.2 Å². The highest BCUT2D eigenvalue weighted by molar-refractivity contribution is 7.71. The number of aromatic carboxylic acids is 1. The van der Waals surface area contributed by atoms with Crippen molar-refractivity contribution in [2.45, 2.75) is 6.92 Å². The number of aromatic amines is 1. The molecule has 0 unspecified atom stereocenters. The lowest BCUT2D eigenvalue weighted by atomic mass is 10.1. The number of hydrogen-bond donors (Lipinski definition) is 2. The third-order valence-corrected chi connectivity index (χ3v) is 3.43. The van der Waals surface area contributed by atoms with Crippen molar-refractivity contribution in [3.63, 3.8) is 0 Å². The topological polar surface area (TPSA) is 96.4 Å². The van der Waals surface area contributed by atoms with Gasteiger partial charge >= 0.3 is 5.97 Å². The van der Waals surface area contributed by atoms with Crippen LogP contribution >= 0.6 is 12.2 Å². The highest BCUT2D eigenvalue weighted by atomic mass is 32.1. The maximum atomic E-state index is 11.3. The first-order chi connectivity index (χ1) is 11.1. The molecular formula is C15H12N4O3S. The first-order valence-electron chi connectivity index (χ1n) is 6.67. The molecule has 116 valence electrons. The molecule has 0 saturated heterocycles. The van der Waals surface area contributed by atoms with E-state index in [9.17, 15) is 9.90 Å². The Balaban J connectivity index is 1.93. The summed E-state index contributed by atoms with van der Waals surface area (Å²) in [4.78, 5) is 11.3. The van der Waals surface area contributed by atoms with Crippen LogP contribution in [0.4, 0.5) is 0 Å². The van der Waals surface area contributed by atoms with E-state index < -0.39 is 5.97 Å². The maximum absolute atomic E-state index is 11.3. The lowest BCUT2D eigenvalue weighted by Gasteiger charge is -2.01. The molecule has 23 heavy (non-hydrogen) atoms. The van der Waals surface area contributed by atoms with E-state index in [2.05, 4.69) is 15.3 Å². The number of aromatic nitrogens is 3. The van der Waals surface area contributed by atoms with Crippen molar-refractivity contribution in [1.29, 1.82) is 0 Å². The number of carbonyl (C=O) groups is 1. The number of furan rings is 1. The van der Waals surface area contributed by atoms with Gasteiger partial charge in [-0.1, -0.05) is 18.2 Å². The zero-order valence-corrected chi connectivity index (χ0v) is 12.9. The summed E-state index contributed by atoms with van der Waals surface area (Å²) in [6.45, 7) is 1.76. The SMILES string of the molecule is Cc1n[nH]c(=S)n1/N=C\c1ccc(-c2ccccc2C(=O)O)o1. The summed E-state index contributed by atoms with van der Waals surface area (Å²) in [6.07, 6.45) is 1.49. The number of nitrogens with zero attached hydrogens (tertiary/aromatic N) is 3. The van der Waals surface area contributed by atoms with Gasteiger partial charge in [0.1, 0.15) is 17.3 Å². The maximum Gasteiger partial charge on any atom is 0.336 e. The molecule has 0 radical (unpaired) electrons. The molecule has 3 rings (SSSR count). The monoisotopic (exact) mass is 328 g/mol. The molecule has 1 aromatic carbocycles. The fourth-order valence-electron chi connectivity index (χ4n) is 2.07. The highest BCUT2D eigenvalue weighted by Crippen LogP contribution is 2.25. The van der Waals surface area contributed by atoms with Gasteiger partial charge in [-0.25, -0.2) is 4.79 Å². The number of carboxylic acids is 1. The van der Waals surface area contributed by atoms with Crippen molar-refractivity contribution < 1.29 is 14.3 Å². The molecule has 0 amide bonds. The fraction of sp³-hybridized carbons (Fsp3) is 0.0667. The molecule has 2 N–H and O–H groups in total. The van der Waals surface area contributed by atoms with Crippen LogP contribution in [0.5, 0.6) is 0 Å². The first-order valence-corrected chi connectivity index (χ1v) is 7.08. The molecule has 0 aliphatic heterocycles. The van der Waals surface area contributed by atoms with Gasteiger partial charge in [-0.3, -0.25) is 5.10 Å². The Morgan fingerprint density at radius 3 is 2.87 bits per heavy atom. The fourth-order valence-corrected chi connectivity index (χ4v) is 2.30. The summed E-state index contributed by atoms with van der Waals surface area (Å²) >= 11 is 5.05. The molecule has 2 heterocycles. The Bertz CT molecular complexity index is 952. The molecule has 7 nitrogen and oxygen atoms in total. The van der Waals surface area contributed by atoms with Crippen LogP contribution < -0.4 is 0 Å². The average molecular weight is 328 g/mol. The van der Waals surface area contributed by atoms with Gasteiger partial charge in [0.05, 0.1) is 11.8 Å². The summed E-state index contributed by atoms with van der Waals surface area (Å²) in [5.41, 5.74) is 0.689. The Morgan fingerprint density at radius 1 is 1.39 bits per heavy atom. The van der Waals surface area contributed by atoms with Crippen LogP contribution in [0.1, 0.15) is 21.9 Å². The second-order valence-electron chi connectivity index (χ2n) is 4.69. The third-order valence-electron chi connectivity index (χ3n) is 3.16. The number of carboxylic acid groups (broad SMARTS) is 1. The number of nitrogens with one attached hydrogen (secondary N) is 1. The lowest BCUT2D eigenvalue weighted by molar-refractivity contribution is 0.0697. The summed E-state index contributed by atoms with van der Waals surface area (Å²) in [7, 11) is 0. The zero-order chi connectivity index (χ0) is 16.4. The molecule has 3 aromatic rings. The standard InChI is InChI=1S/C15H12N4O3S/c1-9-17-18-15(23)19(9)16-8-10-6-7-13(22-10)11-4-2-3-5-12(11)14(20)21/h2-8H,1H3,(H,18,23)(H,20,21)/b16-8-. The zero-order valence-electron chi connectivity index (χ0n) is 12.1. The van der Waals surface area contributed by atoms with Crippen LogP contribution in [0.3, 0.4) is 0 Å². The smallest absolute Gasteiger partial charge is 0.336 e. The van der Waals surface area contributed by atoms with Crippen molar-refractivity contribution in [2.24, 2.45) is 5.10 Å². The van der Waals surface area contributed by atoms with Gasteiger partial charge in [-0.2, -0.15) is 14.9 Å². The summed E-state index contributed by atoms with van der Waals surface area (Å²) in [5, 5.41) is 20.0. The molecule has 0 spiro atoms. The van der Waals surface area contributed by atoms with E-state index in [0.29, 0.717) is 27.7 Å². The second-order valence-corrected chi connectivity index (χ2v) is 5.07. The Morgan fingerprint density at radius 2 is 2.17 bits per heavy atom. The summed E-state index contributed by atoms with van der Waals surface area (Å²) in [5.74, 6) is 0.543. The van der Waals surface area contributed by atoms with Gasteiger partial charge in [0.25, 0.3) is 0 Å². The van der Waals surface area contributed by atoms with Gasteiger partial charge in [0.2, 0.25) is 4.77 Å². The van der Waals surface area contributed by atoms with Crippen molar-refractivity contribution in [3.8, 4) is 11.3 Å². The van der Waals surface area contributed by atoms with Crippen molar-refractivity contribution in [2.75, 3.05) is 0 Å². The predicted molar refractivity (Wildman–Crippen MR) is 86.2 cm³/mol. The molecule has 0 aliphatic carbocycles. The van der Waals surface area contributed by atoms with Crippen LogP contribution in [0, 0.1) is 11.7 Å². The molecular weight excluding hydrogens is 316 g/mol. The lowest BCUT2D eigenvalue weighted by Crippen LogP contribution is -1.98. The summed E-state index contributed by atoms with van der Waals surface area (Å²) in [6, 6.07) is 10.1. The van der Waals surface area contributed by atoms with Crippen molar-refractivity contribution in [1.82, 2.24) is 14.9 Å². The minimum absolute atomic E-state index is 0.179. The van der Waals surface area contributed by atoms with Crippen LogP contribution in [-0.2, 0) is 0 Å². The minimum Gasteiger partial charge on any atom is -0.478 e. The normalized spacial score (nSPS) is 11.2. The Labute approximate surface area is 135 Å². The third kappa shape index (κ3) is 2.97. The molecule has 0 fully saturated rings. The first kappa shape index (κ1) is 14.9. The van der Waals surface area contributed by atoms with E-state index in [-0.39, 0.29) is 5.56 Å². The van der Waals surface area contributed by atoms with E-state index in [1.165, 1.54) is 17.0 Å². The number of H-pyrrole nitrogens is 1. The second kappa shape index (κ2) is 6.01. The quantitative estimate of drug-likeness (QED) is 0.567. The Hall–Kier alpha value is -3.00. The van der Waals surface area contributed by atoms with Crippen molar-refractivity contribution in [3.05, 3.63) is 58.3 Å². The van der Waals surface area contributed by atoms with Crippen LogP contribution in [0.25, 0.3) is 11.3 Å². The van der Waals surface area contributed by atoms with Crippen molar-refractivity contribution >= 4 is 24.4 Å². The van der Waals surface area contributed by atoms with E-state index in [4.69, 9.17) is 16.6 Å². The number of aryl methyl sites for hydroxylation is 1. The van der Waals surface area contributed by atoms with Gasteiger partial charge in [-0.15, -0.1) is 0 Å². The molecule has 8 heteroatoms. The number of rotatable bonds is 4. The van der Waals surface area contributed by atoms with Crippen LogP contribution in [0.15, 0.2) is 45.9 Å². The molecule has 0 bridgehead atoms. The van der Waals surface area contributed by atoms with Gasteiger partial charge in [-0.05, 0) is 37.3 Å². The van der Waals surface area contributed by atoms with E-state index in [1.54, 1.807) is 37.3 Å². The number of benzene rings is 1. The molecule has 0 saturated carbocycles. The van der Waals surface area contributed by atoms with E-state index in [0.717, 1.165) is 0 Å². The van der Waals surface area contributed by atoms with Crippen LogP contribution in [0.2, 0.25) is 0 Å². The summed E-state index contributed by atoms with van der Waals surface area (Å²) < 4.78 is 7.49. The highest BCUT2D eigenvalue weighted by Gasteiger charge is 2.13.